The molecular formula is C22H32N2O4. The molecule has 3 rings (SSSR count). The van der Waals surface area contributed by atoms with E-state index in [1.165, 1.54) is 5.56 Å². The van der Waals surface area contributed by atoms with Gasteiger partial charge in [0.2, 0.25) is 5.91 Å². The van der Waals surface area contributed by atoms with Crippen molar-refractivity contribution in [3.63, 3.8) is 0 Å². The molecule has 0 saturated carbocycles. The summed E-state index contributed by atoms with van der Waals surface area (Å²) in [5.74, 6) is 0.656. The van der Waals surface area contributed by atoms with Gasteiger partial charge in [0.15, 0.2) is 0 Å². The Kier molecular flexibility index (Phi) is 7.31. The summed E-state index contributed by atoms with van der Waals surface area (Å²) in [6.07, 6.45) is 4.87. The number of nitrogens with zero attached hydrogens (tertiary/aromatic N) is 2. The monoisotopic (exact) mass is 388 g/mol. The second-order valence-corrected chi connectivity index (χ2v) is 7.75. The van der Waals surface area contributed by atoms with Crippen molar-refractivity contribution in [3.05, 3.63) is 29.8 Å². The van der Waals surface area contributed by atoms with Gasteiger partial charge in [-0.15, -0.1) is 0 Å². The third-order valence-electron chi connectivity index (χ3n) is 5.86. The van der Waals surface area contributed by atoms with Crippen molar-refractivity contribution in [2.45, 2.75) is 45.1 Å². The van der Waals surface area contributed by atoms with Crippen molar-refractivity contribution in [1.29, 1.82) is 0 Å². The number of likely N-dealkylation sites (tertiary alicyclic amines) is 2. The molecule has 0 aromatic heterocycles. The summed E-state index contributed by atoms with van der Waals surface area (Å²) < 4.78 is 10.4. The molecule has 2 saturated heterocycles. The minimum Gasteiger partial charge on any atom is -0.497 e. The Morgan fingerprint density at radius 1 is 1.11 bits per heavy atom. The van der Waals surface area contributed by atoms with Crippen LogP contribution in [-0.2, 0) is 20.7 Å². The predicted octanol–water partition coefficient (Wildman–Crippen LogP) is 2.50. The molecule has 2 aliphatic heterocycles. The zero-order valence-electron chi connectivity index (χ0n) is 17.1. The van der Waals surface area contributed by atoms with Crippen LogP contribution in [0.5, 0.6) is 5.75 Å². The number of hydrogen-bond acceptors (Lipinski definition) is 5. The number of piperidine rings is 1. The topological polar surface area (TPSA) is 59.1 Å². The van der Waals surface area contributed by atoms with Gasteiger partial charge in [0.1, 0.15) is 5.75 Å². The number of benzene rings is 1. The van der Waals surface area contributed by atoms with Gasteiger partial charge in [-0.1, -0.05) is 12.1 Å². The number of carbonyl (C=O) groups is 2. The number of amides is 1. The molecule has 2 aliphatic rings. The van der Waals surface area contributed by atoms with Gasteiger partial charge in [-0.3, -0.25) is 14.5 Å². The van der Waals surface area contributed by atoms with E-state index in [2.05, 4.69) is 17.0 Å². The smallest absolute Gasteiger partial charge is 0.310 e. The Bertz CT molecular complexity index is 661. The Morgan fingerprint density at radius 3 is 2.57 bits per heavy atom. The third-order valence-corrected chi connectivity index (χ3v) is 5.86. The van der Waals surface area contributed by atoms with Gasteiger partial charge < -0.3 is 14.4 Å². The van der Waals surface area contributed by atoms with E-state index in [-0.39, 0.29) is 17.8 Å². The van der Waals surface area contributed by atoms with Gasteiger partial charge in [-0.2, -0.15) is 0 Å². The van der Waals surface area contributed by atoms with Crippen LogP contribution in [0.4, 0.5) is 0 Å². The van der Waals surface area contributed by atoms with E-state index in [1.54, 1.807) is 7.11 Å². The van der Waals surface area contributed by atoms with Gasteiger partial charge in [-0.05, 0) is 63.3 Å². The quantitative estimate of drug-likeness (QED) is 0.672. The summed E-state index contributed by atoms with van der Waals surface area (Å²) in [4.78, 5) is 29.1. The molecule has 1 aromatic carbocycles. The molecule has 1 aromatic rings. The van der Waals surface area contributed by atoms with Gasteiger partial charge >= 0.3 is 5.97 Å². The molecule has 0 N–H and O–H groups in total. The lowest BCUT2D eigenvalue weighted by Crippen LogP contribution is -2.47. The van der Waals surface area contributed by atoms with E-state index in [1.807, 2.05) is 24.0 Å². The Hall–Kier alpha value is -2.08. The maximum atomic E-state index is 12.9. The highest BCUT2D eigenvalue weighted by Gasteiger charge is 2.32. The van der Waals surface area contributed by atoms with Crippen LogP contribution in [0.3, 0.4) is 0 Å². The van der Waals surface area contributed by atoms with Crippen LogP contribution < -0.4 is 4.74 Å². The highest BCUT2D eigenvalue weighted by Crippen LogP contribution is 2.24. The fourth-order valence-corrected chi connectivity index (χ4v) is 4.30. The first kappa shape index (κ1) is 20.6. The van der Waals surface area contributed by atoms with E-state index in [9.17, 15) is 9.59 Å². The molecule has 2 atom stereocenters. The molecular weight excluding hydrogens is 356 g/mol. The lowest BCUT2D eigenvalue weighted by molar-refractivity contribution is -0.151. The zero-order chi connectivity index (χ0) is 19.9. The van der Waals surface area contributed by atoms with E-state index in [0.717, 1.165) is 50.9 Å². The van der Waals surface area contributed by atoms with E-state index in [0.29, 0.717) is 25.7 Å². The standard InChI is InChI=1S/C22H32N2O4/c1-3-28-22(26)18-6-4-13-24(15-18)21(25)16-23-12-5-7-19(23)14-17-8-10-20(27-2)11-9-17/h8-11,18-19H,3-7,12-16H2,1-2H3. The van der Waals surface area contributed by atoms with Gasteiger partial charge in [0.05, 0.1) is 26.2 Å². The van der Waals surface area contributed by atoms with Crippen LogP contribution in [-0.4, -0.2) is 67.6 Å². The molecule has 2 heterocycles. The fourth-order valence-electron chi connectivity index (χ4n) is 4.30. The van der Waals surface area contributed by atoms with E-state index in [4.69, 9.17) is 9.47 Å². The van der Waals surface area contributed by atoms with Gasteiger partial charge in [0.25, 0.3) is 0 Å². The molecule has 154 valence electrons. The van der Waals surface area contributed by atoms with Crippen LogP contribution in [0.2, 0.25) is 0 Å². The first-order valence-electron chi connectivity index (χ1n) is 10.4. The minimum absolute atomic E-state index is 0.135. The second-order valence-electron chi connectivity index (χ2n) is 7.75. The first-order chi connectivity index (χ1) is 13.6. The van der Waals surface area contributed by atoms with Gasteiger partial charge in [0, 0.05) is 19.1 Å². The number of esters is 1. The molecule has 28 heavy (non-hydrogen) atoms. The van der Waals surface area contributed by atoms with Crippen LogP contribution >= 0.6 is 0 Å². The number of ether oxygens (including phenoxy) is 2. The van der Waals surface area contributed by atoms with Crippen molar-refractivity contribution in [2.24, 2.45) is 5.92 Å². The number of rotatable bonds is 7. The maximum Gasteiger partial charge on any atom is 0.310 e. The van der Waals surface area contributed by atoms with Crippen molar-refractivity contribution < 1.29 is 19.1 Å². The number of methoxy groups -OCH3 is 1. The summed E-state index contributed by atoms with van der Waals surface area (Å²) in [5, 5.41) is 0. The largest absolute Gasteiger partial charge is 0.497 e. The Morgan fingerprint density at radius 2 is 1.86 bits per heavy atom. The molecule has 6 nitrogen and oxygen atoms in total. The predicted molar refractivity (Wildman–Crippen MR) is 107 cm³/mol. The Labute approximate surface area is 167 Å². The first-order valence-corrected chi connectivity index (χ1v) is 10.4. The van der Waals surface area contributed by atoms with Crippen LogP contribution in [0, 0.1) is 5.92 Å². The van der Waals surface area contributed by atoms with Gasteiger partial charge in [-0.25, -0.2) is 0 Å². The van der Waals surface area contributed by atoms with Crippen LogP contribution in [0.25, 0.3) is 0 Å². The highest BCUT2D eigenvalue weighted by molar-refractivity contribution is 5.80. The Balaban J connectivity index is 1.54. The van der Waals surface area contributed by atoms with Crippen molar-refractivity contribution in [1.82, 2.24) is 9.80 Å². The molecule has 2 fully saturated rings. The molecule has 1 amide bonds. The normalized spacial score (nSPS) is 22.9. The van der Waals surface area contributed by atoms with E-state index < -0.39 is 0 Å². The molecule has 6 heteroatoms. The minimum atomic E-state index is -0.175. The summed E-state index contributed by atoms with van der Waals surface area (Å²) in [6, 6.07) is 8.58. The molecule has 0 radical (unpaired) electrons. The summed E-state index contributed by atoms with van der Waals surface area (Å²) in [5.41, 5.74) is 1.27. The lowest BCUT2D eigenvalue weighted by Gasteiger charge is -2.33. The molecule has 0 bridgehead atoms. The van der Waals surface area contributed by atoms with Crippen molar-refractivity contribution in [3.8, 4) is 5.75 Å². The molecule has 2 unspecified atom stereocenters. The third kappa shape index (κ3) is 5.25. The van der Waals surface area contributed by atoms with Crippen LogP contribution in [0.15, 0.2) is 24.3 Å². The number of hydrogen-bond donors (Lipinski definition) is 0. The van der Waals surface area contributed by atoms with E-state index >= 15 is 0 Å². The summed E-state index contributed by atoms with van der Waals surface area (Å²) >= 11 is 0. The lowest BCUT2D eigenvalue weighted by atomic mass is 9.98. The summed E-state index contributed by atoms with van der Waals surface area (Å²) in [7, 11) is 1.67. The average molecular weight is 389 g/mol. The van der Waals surface area contributed by atoms with Crippen LogP contribution in [0.1, 0.15) is 38.2 Å². The maximum absolute atomic E-state index is 12.9. The zero-order valence-corrected chi connectivity index (χ0v) is 17.1. The highest BCUT2D eigenvalue weighted by atomic mass is 16.5. The molecule has 0 aliphatic carbocycles. The van der Waals surface area contributed by atoms with Crippen molar-refractivity contribution >= 4 is 11.9 Å². The summed E-state index contributed by atoms with van der Waals surface area (Å²) in [6.45, 7) is 4.85. The molecule has 0 spiro atoms. The SMILES string of the molecule is CCOC(=O)C1CCCN(C(=O)CN2CCCC2Cc2ccc(OC)cc2)C1. The average Bonchev–Trinajstić information content (AvgIpc) is 3.15. The second kappa shape index (κ2) is 9.92. The fraction of sp³-hybridized carbons (Fsp3) is 0.636. The van der Waals surface area contributed by atoms with Crippen molar-refractivity contribution in [2.75, 3.05) is 39.9 Å². The number of carbonyl (C=O) groups excluding carboxylic acids is 2.